The highest BCUT2D eigenvalue weighted by Gasteiger charge is 2.34. The van der Waals surface area contributed by atoms with Gasteiger partial charge in [0.25, 0.3) is 0 Å². The van der Waals surface area contributed by atoms with Gasteiger partial charge in [-0.15, -0.1) is 11.3 Å². The van der Waals surface area contributed by atoms with Crippen molar-refractivity contribution in [3.63, 3.8) is 0 Å². The van der Waals surface area contributed by atoms with Gasteiger partial charge in [-0.2, -0.15) is 0 Å². The van der Waals surface area contributed by atoms with E-state index < -0.39 is 5.60 Å². The number of nitrogens with zero attached hydrogens (tertiary/aromatic N) is 3. The highest BCUT2D eigenvalue weighted by molar-refractivity contribution is 7.11. The summed E-state index contributed by atoms with van der Waals surface area (Å²) in [5.74, 6) is 0.611. The molecule has 0 radical (unpaired) electrons. The van der Waals surface area contributed by atoms with Crippen LogP contribution in [0.3, 0.4) is 0 Å². The van der Waals surface area contributed by atoms with Crippen molar-refractivity contribution in [3.05, 3.63) is 15.6 Å². The van der Waals surface area contributed by atoms with Gasteiger partial charge in [-0.1, -0.05) is 0 Å². The van der Waals surface area contributed by atoms with Crippen LogP contribution >= 0.6 is 11.3 Å². The van der Waals surface area contributed by atoms with Crippen molar-refractivity contribution in [3.8, 4) is 0 Å². The summed E-state index contributed by atoms with van der Waals surface area (Å²) in [7, 11) is 2.19. The summed E-state index contributed by atoms with van der Waals surface area (Å²) in [6.45, 7) is 9.52. The van der Waals surface area contributed by atoms with Crippen LogP contribution in [0.5, 0.6) is 0 Å². The molecule has 5 heteroatoms. The van der Waals surface area contributed by atoms with Crippen LogP contribution in [0.25, 0.3) is 0 Å². The molecule has 0 amide bonds. The number of piperazine rings is 1. The molecule has 1 aromatic heterocycles. The summed E-state index contributed by atoms with van der Waals surface area (Å²) in [4.78, 5) is 10.9. The van der Waals surface area contributed by atoms with Gasteiger partial charge >= 0.3 is 0 Å². The molecule has 1 N–H and O–H groups in total. The number of thiazole rings is 1. The fraction of sp³-hybridized carbons (Fsp3) is 0.812. The van der Waals surface area contributed by atoms with Crippen LogP contribution < -0.4 is 0 Å². The minimum atomic E-state index is -0.748. The lowest BCUT2D eigenvalue weighted by Gasteiger charge is -2.32. The molecular formula is C16H27N3OS. The van der Waals surface area contributed by atoms with Crippen molar-refractivity contribution in [2.45, 2.75) is 44.6 Å². The van der Waals surface area contributed by atoms with E-state index in [9.17, 15) is 5.11 Å². The molecule has 2 fully saturated rings. The fourth-order valence-electron chi connectivity index (χ4n) is 2.88. The molecule has 1 saturated carbocycles. The molecule has 0 unspecified atom stereocenters. The molecule has 0 aromatic carbocycles. The van der Waals surface area contributed by atoms with Crippen LogP contribution in [0.1, 0.15) is 48.2 Å². The molecule has 1 aliphatic carbocycles. The Morgan fingerprint density at radius 2 is 1.90 bits per heavy atom. The van der Waals surface area contributed by atoms with E-state index in [1.54, 1.807) is 11.3 Å². The highest BCUT2D eigenvalue weighted by Crippen LogP contribution is 2.45. The van der Waals surface area contributed by atoms with Crippen molar-refractivity contribution < 1.29 is 5.11 Å². The Labute approximate surface area is 131 Å². The number of aromatic nitrogens is 1. The first-order chi connectivity index (χ1) is 9.93. The molecule has 3 rings (SSSR count). The van der Waals surface area contributed by atoms with Crippen molar-refractivity contribution in [1.82, 2.24) is 14.8 Å². The Bertz CT molecular complexity index is 482. The molecule has 1 aromatic rings. The first-order valence-corrected chi connectivity index (χ1v) is 8.88. The molecule has 1 saturated heterocycles. The zero-order valence-corrected chi connectivity index (χ0v) is 14.2. The van der Waals surface area contributed by atoms with Crippen LogP contribution in [0.4, 0.5) is 0 Å². The lowest BCUT2D eigenvalue weighted by molar-refractivity contribution is 0.0813. The fourth-order valence-corrected chi connectivity index (χ4v) is 4.02. The lowest BCUT2D eigenvalue weighted by atomic mass is 10.0. The van der Waals surface area contributed by atoms with Gasteiger partial charge in [-0.05, 0) is 33.7 Å². The van der Waals surface area contributed by atoms with Gasteiger partial charge in [0.2, 0.25) is 0 Å². The van der Waals surface area contributed by atoms with Crippen LogP contribution in [0.15, 0.2) is 0 Å². The average molecular weight is 309 g/mol. The van der Waals surface area contributed by atoms with E-state index in [0.29, 0.717) is 5.92 Å². The highest BCUT2D eigenvalue weighted by atomic mass is 32.1. The summed E-state index contributed by atoms with van der Waals surface area (Å²) < 4.78 is 0. The third-order valence-corrected chi connectivity index (χ3v) is 5.90. The van der Waals surface area contributed by atoms with E-state index in [-0.39, 0.29) is 0 Å². The smallest absolute Gasteiger partial charge is 0.0951 e. The second-order valence-electron chi connectivity index (χ2n) is 7.05. The predicted molar refractivity (Wildman–Crippen MR) is 87.0 cm³/mol. The van der Waals surface area contributed by atoms with Crippen molar-refractivity contribution in [2.24, 2.45) is 0 Å². The quantitative estimate of drug-likeness (QED) is 0.903. The minimum Gasteiger partial charge on any atom is -0.385 e. The van der Waals surface area contributed by atoms with E-state index in [2.05, 4.69) is 16.8 Å². The molecule has 2 heterocycles. The number of aliphatic hydroxyl groups is 1. The molecule has 118 valence electrons. The van der Waals surface area contributed by atoms with Crippen LogP contribution in [-0.4, -0.2) is 59.7 Å². The van der Waals surface area contributed by atoms with Gasteiger partial charge in [0, 0.05) is 45.1 Å². The third-order valence-electron chi connectivity index (χ3n) is 4.46. The largest absolute Gasteiger partial charge is 0.385 e. The zero-order valence-electron chi connectivity index (χ0n) is 13.4. The molecule has 4 nitrogen and oxygen atoms in total. The van der Waals surface area contributed by atoms with Crippen LogP contribution in [-0.2, 0) is 12.0 Å². The van der Waals surface area contributed by atoms with Gasteiger partial charge < -0.3 is 14.9 Å². The van der Waals surface area contributed by atoms with E-state index in [4.69, 9.17) is 4.98 Å². The maximum atomic E-state index is 10.4. The molecule has 21 heavy (non-hydrogen) atoms. The van der Waals surface area contributed by atoms with Crippen molar-refractivity contribution in [1.29, 1.82) is 0 Å². The number of hydrogen-bond donors (Lipinski definition) is 1. The standard InChI is InChI=1S/C16H27N3OS/c1-16(2,20)15-14(12-4-5-12)17-13(21-15)6-7-19-10-8-18(3)9-11-19/h12,20H,4-11H2,1-3H3. The Morgan fingerprint density at radius 3 is 2.48 bits per heavy atom. The van der Waals surface area contributed by atoms with Gasteiger partial charge in [0.15, 0.2) is 0 Å². The maximum absolute atomic E-state index is 10.4. The normalized spacial score (nSPS) is 21.9. The van der Waals surface area contributed by atoms with Gasteiger partial charge in [-0.25, -0.2) is 4.98 Å². The number of likely N-dealkylation sites (N-methyl/N-ethyl adjacent to an activating group) is 1. The molecule has 0 atom stereocenters. The second kappa shape index (κ2) is 5.95. The Morgan fingerprint density at radius 1 is 1.24 bits per heavy atom. The monoisotopic (exact) mass is 309 g/mol. The summed E-state index contributed by atoms with van der Waals surface area (Å²) >= 11 is 1.73. The Kier molecular flexibility index (Phi) is 4.37. The second-order valence-corrected chi connectivity index (χ2v) is 8.13. The maximum Gasteiger partial charge on any atom is 0.0951 e. The predicted octanol–water partition coefficient (Wildman–Crippen LogP) is 2.04. The van der Waals surface area contributed by atoms with E-state index >= 15 is 0 Å². The number of hydrogen-bond acceptors (Lipinski definition) is 5. The van der Waals surface area contributed by atoms with E-state index in [1.807, 2.05) is 13.8 Å². The lowest BCUT2D eigenvalue weighted by Crippen LogP contribution is -2.45. The molecule has 1 aliphatic heterocycles. The van der Waals surface area contributed by atoms with Crippen molar-refractivity contribution in [2.75, 3.05) is 39.8 Å². The van der Waals surface area contributed by atoms with Crippen molar-refractivity contribution >= 4 is 11.3 Å². The minimum absolute atomic E-state index is 0.611. The van der Waals surface area contributed by atoms with E-state index in [0.717, 1.165) is 30.9 Å². The van der Waals surface area contributed by atoms with Gasteiger partial charge in [0.1, 0.15) is 0 Å². The Hall–Kier alpha value is -0.490. The topological polar surface area (TPSA) is 39.6 Å². The summed E-state index contributed by atoms with van der Waals surface area (Å²) in [6.07, 6.45) is 3.50. The zero-order chi connectivity index (χ0) is 15.0. The van der Waals surface area contributed by atoms with Gasteiger partial charge in [-0.3, -0.25) is 0 Å². The first kappa shape index (κ1) is 15.4. The average Bonchev–Trinajstić information content (AvgIpc) is 3.17. The number of rotatable bonds is 5. The first-order valence-electron chi connectivity index (χ1n) is 8.07. The summed E-state index contributed by atoms with van der Waals surface area (Å²) in [5.41, 5.74) is 0.433. The van der Waals surface area contributed by atoms with E-state index in [1.165, 1.54) is 36.6 Å². The van der Waals surface area contributed by atoms with Crippen LogP contribution in [0, 0.1) is 0 Å². The molecular weight excluding hydrogens is 282 g/mol. The SMILES string of the molecule is CN1CCN(CCc2nc(C3CC3)c(C(C)(C)O)s2)CC1. The van der Waals surface area contributed by atoms with Gasteiger partial charge in [0.05, 0.1) is 21.2 Å². The third kappa shape index (κ3) is 3.83. The molecule has 0 bridgehead atoms. The summed E-state index contributed by atoms with van der Waals surface area (Å²) in [5, 5.41) is 11.6. The Balaban J connectivity index is 1.63. The van der Waals surface area contributed by atoms with Crippen LogP contribution in [0.2, 0.25) is 0 Å². The summed E-state index contributed by atoms with van der Waals surface area (Å²) in [6, 6.07) is 0. The molecule has 0 spiro atoms. The molecule has 2 aliphatic rings.